The van der Waals surface area contributed by atoms with E-state index in [2.05, 4.69) is 4.98 Å². The third kappa shape index (κ3) is 4.21. The number of hydrogen-bond acceptors (Lipinski definition) is 6. The van der Waals surface area contributed by atoms with E-state index in [1.807, 2.05) is 11.8 Å². The third-order valence-corrected chi connectivity index (χ3v) is 4.71. The maximum atomic E-state index is 11.3. The van der Waals surface area contributed by atoms with Gasteiger partial charge in [-0.1, -0.05) is 0 Å². The van der Waals surface area contributed by atoms with Gasteiger partial charge in [0.15, 0.2) is 0 Å². The van der Waals surface area contributed by atoms with E-state index in [1.54, 1.807) is 12.3 Å². The average Bonchev–Trinajstić information content (AvgIpc) is 2.61. The number of anilines is 1. The van der Waals surface area contributed by atoms with Crippen molar-refractivity contribution in [2.45, 2.75) is 51.2 Å². The minimum absolute atomic E-state index is 0.0879. The lowest BCUT2D eigenvalue weighted by atomic mass is 10.1. The largest absolute Gasteiger partial charge is 0.376 e. The second-order valence-corrected chi connectivity index (χ2v) is 6.62. The van der Waals surface area contributed by atoms with Crippen LogP contribution in [0.15, 0.2) is 12.3 Å². The van der Waals surface area contributed by atoms with E-state index in [-0.39, 0.29) is 22.8 Å². The number of hydrogen-bond donors (Lipinski definition) is 0. The molecule has 2 saturated heterocycles. The smallest absolute Gasteiger partial charge is 0.311 e. The first-order valence-corrected chi connectivity index (χ1v) is 8.72. The Balaban J connectivity index is 1.52. The van der Waals surface area contributed by atoms with Crippen LogP contribution in [0.4, 0.5) is 11.5 Å². The molecule has 0 aromatic carbocycles. The molecule has 7 heteroatoms. The van der Waals surface area contributed by atoms with Gasteiger partial charge in [-0.2, -0.15) is 0 Å². The predicted octanol–water partition coefficient (Wildman–Crippen LogP) is 2.85. The highest BCUT2D eigenvalue weighted by Gasteiger charge is 2.27. The fourth-order valence-corrected chi connectivity index (χ4v) is 3.34. The van der Waals surface area contributed by atoms with Gasteiger partial charge in [-0.05, 0) is 44.6 Å². The van der Waals surface area contributed by atoms with E-state index < -0.39 is 0 Å². The zero-order chi connectivity index (χ0) is 16.9. The summed E-state index contributed by atoms with van der Waals surface area (Å²) in [6.45, 7) is 4.78. The van der Waals surface area contributed by atoms with Crippen LogP contribution in [0, 0.1) is 17.0 Å². The summed E-state index contributed by atoms with van der Waals surface area (Å²) in [5.41, 5.74) is 0.890. The van der Waals surface area contributed by atoms with E-state index in [0.717, 1.165) is 50.9 Å². The van der Waals surface area contributed by atoms with Crippen molar-refractivity contribution < 1.29 is 14.4 Å². The number of ether oxygens (including phenoxy) is 2. The van der Waals surface area contributed by atoms with E-state index in [1.165, 1.54) is 6.42 Å². The number of aryl methyl sites for hydroxylation is 1. The SMILES string of the molecule is Cc1cnc(N2CCC(OC[C@@H]3CCCCO3)CC2)c([N+](=O)[O-])c1. The van der Waals surface area contributed by atoms with Crippen molar-refractivity contribution in [3.8, 4) is 0 Å². The Hall–Kier alpha value is -1.73. The number of nitro groups is 1. The molecule has 0 unspecified atom stereocenters. The van der Waals surface area contributed by atoms with Crippen LogP contribution >= 0.6 is 0 Å². The third-order valence-electron chi connectivity index (χ3n) is 4.71. The molecule has 2 aliphatic heterocycles. The lowest BCUT2D eigenvalue weighted by molar-refractivity contribution is -0.384. The monoisotopic (exact) mass is 335 g/mol. The molecule has 0 aliphatic carbocycles. The van der Waals surface area contributed by atoms with Gasteiger partial charge in [0.1, 0.15) is 0 Å². The summed E-state index contributed by atoms with van der Waals surface area (Å²) in [4.78, 5) is 17.2. The van der Waals surface area contributed by atoms with Crippen LogP contribution in [-0.4, -0.2) is 48.4 Å². The second kappa shape index (κ2) is 7.90. The minimum atomic E-state index is -0.349. The van der Waals surface area contributed by atoms with E-state index >= 15 is 0 Å². The first-order valence-electron chi connectivity index (χ1n) is 8.72. The topological polar surface area (TPSA) is 77.7 Å². The van der Waals surface area contributed by atoms with Crippen molar-refractivity contribution in [3.05, 3.63) is 27.9 Å². The lowest BCUT2D eigenvalue weighted by Crippen LogP contribution is -2.39. The fourth-order valence-electron chi connectivity index (χ4n) is 3.34. The second-order valence-electron chi connectivity index (χ2n) is 6.62. The average molecular weight is 335 g/mol. The summed E-state index contributed by atoms with van der Waals surface area (Å²) in [5.74, 6) is 0.472. The molecule has 24 heavy (non-hydrogen) atoms. The molecule has 0 N–H and O–H groups in total. The molecule has 3 heterocycles. The predicted molar refractivity (Wildman–Crippen MR) is 90.4 cm³/mol. The Morgan fingerprint density at radius 1 is 1.38 bits per heavy atom. The van der Waals surface area contributed by atoms with Crippen LogP contribution in [0.5, 0.6) is 0 Å². The molecule has 0 amide bonds. The van der Waals surface area contributed by atoms with E-state index in [4.69, 9.17) is 9.47 Å². The van der Waals surface area contributed by atoms with Crippen molar-refractivity contribution in [2.75, 3.05) is 31.2 Å². The van der Waals surface area contributed by atoms with Gasteiger partial charge >= 0.3 is 5.69 Å². The molecular formula is C17H25N3O4. The number of piperidine rings is 1. The van der Waals surface area contributed by atoms with Gasteiger partial charge < -0.3 is 14.4 Å². The van der Waals surface area contributed by atoms with Gasteiger partial charge in [0.05, 0.1) is 23.7 Å². The van der Waals surface area contributed by atoms with Gasteiger partial charge in [-0.15, -0.1) is 0 Å². The molecule has 0 spiro atoms. The molecule has 132 valence electrons. The molecule has 1 aromatic heterocycles. The Morgan fingerprint density at radius 2 is 2.17 bits per heavy atom. The summed E-state index contributed by atoms with van der Waals surface area (Å²) in [7, 11) is 0. The van der Waals surface area contributed by atoms with Crippen LogP contribution in [0.2, 0.25) is 0 Å². The Bertz CT molecular complexity index is 567. The van der Waals surface area contributed by atoms with Crippen LogP contribution in [0.25, 0.3) is 0 Å². The zero-order valence-electron chi connectivity index (χ0n) is 14.1. The Kier molecular flexibility index (Phi) is 5.63. The van der Waals surface area contributed by atoms with Crippen LogP contribution in [-0.2, 0) is 9.47 Å². The number of aromatic nitrogens is 1. The van der Waals surface area contributed by atoms with Crippen LogP contribution in [0.3, 0.4) is 0 Å². The highest BCUT2D eigenvalue weighted by molar-refractivity contribution is 5.58. The summed E-state index contributed by atoms with van der Waals surface area (Å²) in [6.07, 6.45) is 7.29. The molecular weight excluding hydrogens is 310 g/mol. The number of pyridine rings is 1. The van der Waals surface area contributed by atoms with E-state index in [0.29, 0.717) is 12.4 Å². The number of rotatable bonds is 5. The summed E-state index contributed by atoms with van der Waals surface area (Å²) >= 11 is 0. The highest BCUT2D eigenvalue weighted by atomic mass is 16.6. The Labute approximate surface area is 142 Å². The first kappa shape index (κ1) is 17.1. The van der Waals surface area contributed by atoms with Gasteiger partial charge in [0.25, 0.3) is 0 Å². The normalized spacial score (nSPS) is 22.5. The summed E-state index contributed by atoms with van der Waals surface area (Å²) in [5, 5.41) is 11.3. The van der Waals surface area contributed by atoms with Crippen LogP contribution < -0.4 is 4.90 Å². The summed E-state index contributed by atoms with van der Waals surface area (Å²) < 4.78 is 11.7. The van der Waals surface area contributed by atoms with E-state index in [9.17, 15) is 10.1 Å². The molecule has 1 aromatic rings. The quantitative estimate of drug-likeness (QED) is 0.608. The molecule has 2 fully saturated rings. The molecule has 3 rings (SSSR count). The van der Waals surface area contributed by atoms with Crippen molar-refractivity contribution in [3.63, 3.8) is 0 Å². The summed E-state index contributed by atoms with van der Waals surface area (Å²) in [6, 6.07) is 1.59. The molecule has 2 aliphatic rings. The van der Waals surface area contributed by atoms with Crippen molar-refractivity contribution >= 4 is 11.5 Å². The maximum Gasteiger partial charge on any atom is 0.311 e. The Morgan fingerprint density at radius 3 is 2.83 bits per heavy atom. The molecule has 1 atom stereocenters. The molecule has 0 radical (unpaired) electrons. The van der Waals surface area contributed by atoms with Crippen molar-refractivity contribution in [2.24, 2.45) is 0 Å². The van der Waals surface area contributed by atoms with Gasteiger partial charge in [-0.3, -0.25) is 10.1 Å². The van der Waals surface area contributed by atoms with Crippen molar-refractivity contribution in [1.29, 1.82) is 0 Å². The standard InChI is InChI=1S/C17H25N3O4/c1-13-10-16(20(21)22)17(18-11-13)19-7-5-14(6-8-19)24-12-15-4-2-3-9-23-15/h10-11,14-15H,2-9,12H2,1H3/t15-/m0/s1. The number of nitrogens with zero attached hydrogens (tertiary/aromatic N) is 3. The molecule has 0 bridgehead atoms. The maximum absolute atomic E-state index is 11.3. The molecule has 0 saturated carbocycles. The zero-order valence-corrected chi connectivity index (χ0v) is 14.1. The van der Waals surface area contributed by atoms with Crippen molar-refractivity contribution in [1.82, 2.24) is 4.98 Å². The molecule has 7 nitrogen and oxygen atoms in total. The van der Waals surface area contributed by atoms with Gasteiger partial charge in [0, 0.05) is 32.0 Å². The fraction of sp³-hybridized carbons (Fsp3) is 0.706. The highest BCUT2D eigenvalue weighted by Crippen LogP contribution is 2.29. The lowest BCUT2D eigenvalue weighted by Gasteiger charge is -2.33. The van der Waals surface area contributed by atoms with Crippen LogP contribution in [0.1, 0.15) is 37.7 Å². The first-order chi connectivity index (χ1) is 11.6. The minimum Gasteiger partial charge on any atom is -0.376 e. The van der Waals surface area contributed by atoms with Gasteiger partial charge in [0.2, 0.25) is 5.82 Å². The van der Waals surface area contributed by atoms with Gasteiger partial charge in [-0.25, -0.2) is 4.98 Å².